The van der Waals surface area contributed by atoms with Crippen molar-refractivity contribution in [2.45, 2.75) is 35.4 Å². The lowest BCUT2D eigenvalue weighted by molar-refractivity contribution is -0.385. The number of hydrogen-bond donors (Lipinski definition) is 2. The first-order chi connectivity index (χ1) is 11.4. The standard InChI is InChI=1S/C14H16BrNO8/c1-21-13-11(18)10(17)12-9(23-13)6-22-14(15,24-12)7-2-4-8(5-3-7)16(19)20/h2-5,9-13,17-18H,6H2,1H3/t9-,10-,11-,12-,13-,14?/m1/s1. The molecule has 2 saturated heterocycles. The van der Waals surface area contributed by atoms with E-state index in [2.05, 4.69) is 15.9 Å². The van der Waals surface area contributed by atoms with Crippen LogP contribution in [0, 0.1) is 10.1 Å². The summed E-state index contributed by atoms with van der Waals surface area (Å²) < 4.78 is 20.5. The summed E-state index contributed by atoms with van der Waals surface area (Å²) in [6.07, 6.45) is -4.99. The minimum absolute atomic E-state index is 0.0660. The van der Waals surface area contributed by atoms with Crippen LogP contribution in [0.1, 0.15) is 5.56 Å². The molecule has 0 aromatic heterocycles. The van der Waals surface area contributed by atoms with Gasteiger partial charge in [0.2, 0.25) is 0 Å². The van der Waals surface area contributed by atoms with E-state index in [0.717, 1.165) is 0 Å². The Balaban J connectivity index is 1.81. The number of ether oxygens (including phenoxy) is 4. The number of methoxy groups -OCH3 is 1. The Labute approximate surface area is 145 Å². The van der Waals surface area contributed by atoms with Crippen molar-refractivity contribution >= 4 is 21.6 Å². The molecule has 0 aliphatic carbocycles. The number of rotatable bonds is 3. The normalized spacial score (nSPS) is 39.2. The highest BCUT2D eigenvalue weighted by atomic mass is 79.9. The molecule has 0 spiro atoms. The first kappa shape index (κ1) is 17.7. The quantitative estimate of drug-likeness (QED) is 0.426. The van der Waals surface area contributed by atoms with Crippen LogP contribution in [0.15, 0.2) is 24.3 Å². The van der Waals surface area contributed by atoms with E-state index in [9.17, 15) is 20.3 Å². The average Bonchev–Trinajstić information content (AvgIpc) is 2.58. The molecule has 2 fully saturated rings. The summed E-state index contributed by atoms with van der Waals surface area (Å²) >= 11 is 3.31. The molecule has 0 radical (unpaired) electrons. The van der Waals surface area contributed by atoms with E-state index in [4.69, 9.17) is 18.9 Å². The molecule has 0 saturated carbocycles. The smallest absolute Gasteiger partial charge is 0.269 e. The van der Waals surface area contributed by atoms with Gasteiger partial charge in [-0.05, 0) is 28.1 Å². The molecule has 10 heteroatoms. The Kier molecular flexibility index (Phi) is 4.89. The maximum absolute atomic E-state index is 10.7. The fourth-order valence-corrected chi connectivity index (χ4v) is 3.32. The van der Waals surface area contributed by atoms with Crippen molar-refractivity contribution in [1.29, 1.82) is 0 Å². The number of alkyl halides is 1. The van der Waals surface area contributed by atoms with E-state index >= 15 is 0 Å². The van der Waals surface area contributed by atoms with E-state index in [-0.39, 0.29) is 12.3 Å². The molecule has 24 heavy (non-hydrogen) atoms. The van der Waals surface area contributed by atoms with Crippen molar-refractivity contribution in [2.24, 2.45) is 0 Å². The van der Waals surface area contributed by atoms with Gasteiger partial charge in [0.05, 0.1) is 11.5 Å². The first-order valence-corrected chi connectivity index (χ1v) is 7.95. The molecule has 0 amide bonds. The van der Waals surface area contributed by atoms with Crippen LogP contribution >= 0.6 is 15.9 Å². The van der Waals surface area contributed by atoms with Crippen LogP contribution in [0.4, 0.5) is 5.69 Å². The summed E-state index contributed by atoms with van der Waals surface area (Å²) in [6, 6.07) is 5.61. The Bertz CT molecular complexity index is 611. The molecule has 2 aliphatic rings. The molecule has 3 rings (SSSR count). The molecule has 2 N–H and O–H groups in total. The second-order valence-electron chi connectivity index (χ2n) is 5.49. The Morgan fingerprint density at radius 2 is 2.00 bits per heavy atom. The minimum Gasteiger partial charge on any atom is -0.387 e. The third-order valence-corrected chi connectivity index (χ3v) is 4.89. The van der Waals surface area contributed by atoms with Gasteiger partial charge in [-0.25, -0.2) is 0 Å². The van der Waals surface area contributed by atoms with E-state index in [0.29, 0.717) is 5.56 Å². The predicted octanol–water partition coefficient (Wildman–Crippen LogP) is 0.608. The summed E-state index contributed by atoms with van der Waals surface area (Å²) in [5, 5.41) is 31.0. The molecular weight excluding hydrogens is 390 g/mol. The Morgan fingerprint density at radius 1 is 1.33 bits per heavy atom. The lowest BCUT2D eigenvalue weighted by atomic mass is 9.98. The van der Waals surface area contributed by atoms with Crippen molar-refractivity contribution in [2.75, 3.05) is 13.7 Å². The SMILES string of the molecule is CO[C@@H]1O[C@@H]2COC(Br)(c3ccc([N+](=O)[O-])cc3)O[C@H]2[C@H](O)[C@H]1O. The molecule has 2 aliphatic heterocycles. The second kappa shape index (κ2) is 6.64. The van der Waals surface area contributed by atoms with Crippen molar-refractivity contribution < 1.29 is 34.1 Å². The zero-order chi connectivity index (χ0) is 17.5. The number of benzene rings is 1. The molecule has 1 aromatic rings. The highest BCUT2D eigenvalue weighted by Crippen LogP contribution is 2.42. The maximum Gasteiger partial charge on any atom is 0.269 e. The molecule has 2 heterocycles. The van der Waals surface area contributed by atoms with Gasteiger partial charge in [-0.3, -0.25) is 10.1 Å². The van der Waals surface area contributed by atoms with Gasteiger partial charge in [-0.2, -0.15) is 0 Å². The second-order valence-corrected chi connectivity index (χ2v) is 6.54. The molecular formula is C14H16BrNO8. The van der Waals surface area contributed by atoms with Crippen LogP contribution in [-0.4, -0.2) is 59.6 Å². The average molecular weight is 406 g/mol. The fourth-order valence-electron chi connectivity index (χ4n) is 2.71. The van der Waals surface area contributed by atoms with Gasteiger partial charge in [-0.15, -0.1) is 0 Å². The molecule has 9 nitrogen and oxygen atoms in total. The number of hydrogen-bond acceptors (Lipinski definition) is 8. The zero-order valence-corrected chi connectivity index (χ0v) is 14.2. The van der Waals surface area contributed by atoms with Gasteiger partial charge < -0.3 is 29.2 Å². The number of fused-ring (bicyclic) bond motifs is 1. The van der Waals surface area contributed by atoms with Crippen molar-refractivity contribution in [1.82, 2.24) is 0 Å². The van der Waals surface area contributed by atoms with Crippen LogP contribution in [0.5, 0.6) is 0 Å². The Morgan fingerprint density at radius 3 is 2.58 bits per heavy atom. The van der Waals surface area contributed by atoms with E-state index < -0.39 is 40.3 Å². The number of nitrogens with zero attached hydrogens (tertiary/aromatic N) is 1. The minimum atomic E-state index is -1.41. The van der Waals surface area contributed by atoms with Crippen LogP contribution < -0.4 is 0 Å². The summed E-state index contributed by atoms with van der Waals surface area (Å²) in [5.74, 6) is 0. The van der Waals surface area contributed by atoms with Crippen LogP contribution in [0.25, 0.3) is 0 Å². The number of nitro groups is 1. The third kappa shape index (κ3) is 3.06. The fraction of sp³-hybridized carbons (Fsp3) is 0.571. The van der Waals surface area contributed by atoms with Crippen molar-refractivity contribution in [3.8, 4) is 0 Å². The number of non-ortho nitro benzene ring substituents is 1. The molecule has 1 unspecified atom stereocenters. The number of aliphatic hydroxyl groups excluding tert-OH is 2. The van der Waals surface area contributed by atoms with Gasteiger partial charge in [0, 0.05) is 24.8 Å². The highest BCUT2D eigenvalue weighted by Gasteiger charge is 2.53. The lowest BCUT2D eigenvalue weighted by Crippen LogP contribution is -2.64. The van der Waals surface area contributed by atoms with E-state index in [1.165, 1.54) is 31.4 Å². The van der Waals surface area contributed by atoms with Gasteiger partial charge in [0.25, 0.3) is 10.4 Å². The number of halogens is 1. The summed E-state index contributed by atoms with van der Waals surface area (Å²) in [7, 11) is 1.36. The maximum atomic E-state index is 10.7. The van der Waals surface area contributed by atoms with E-state index in [1.54, 1.807) is 0 Å². The topological polar surface area (TPSA) is 121 Å². The molecule has 0 bridgehead atoms. The molecule has 6 atom stereocenters. The van der Waals surface area contributed by atoms with Crippen molar-refractivity contribution in [3.05, 3.63) is 39.9 Å². The number of aliphatic hydroxyl groups is 2. The van der Waals surface area contributed by atoms with Gasteiger partial charge in [0.1, 0.15) is 24.4 Å². The molecule has 132 valence electrons. The number of nitro benzene ring substituents is 1. The predicted molar refractivity (Wildman–Crippen MR) is 82.2 cm³/mol. The van der Waals surface area contributed by atoms with Crippen LogP contribution in [0.3, 0.4) is 0 Å². The van der Waals surface area contributed by atoms with Crippen molar-refractivity contribution in [3.63, 3.8) is 0 Å². The monoisotopic (exact) mass is 405 g/mol. The van der Waals surface area contributed by atoms with Gasteiger partial charge >= 0.3 is 0 Å². The van der Waals surface area contributed by atoms with E-state index in [1.807, 2.05) is 0 Å². The highest BCUT2D eigenvalue weighted by molar-refractivity contribution is 9.09. The lowest BCUT2D eigenvalue weighted by Gasteiger charge is -2.48. The first-order valence-electron chi connectivity index (χ1n) is 7.16. The third-order valence-electron chi connectivity index (χ3n) is 4.02. The summed E-state index contributed by atoms with van der Waals surface area (Å²) in [4.78, 5) is 10.2. The molecule has 1 aromatic carbocycles. The van der Waals surface area contributed by atoms with Gasteiger partial charge in [-0.1, -0.05) is 0 Å². The van der Waals surface area contributed by atoms with Gasteiger partial charge in [0.15, 0.2) is 6.29 Å². The van der Waals surface area contributed by atoms with Crippen LogP contribution in [-0.2, 0) is 23.6 Å². The Hall–Kier alpha value is -1.14. The summed E-state index contributed by atoms with van der Waals surface area (Å²) in [5.41, 5.74) is 0.407. The zero-order valence-electron chi connectivity index (χ0n) is 12.6. The summed E-state index contributed by atoms with van der Waals surface area (Å²) in [6.45, 7) is 0.0660. The largest absolute Gasteiger partial charge is 0.387 e. The van der Waals surface area contributed by atoms with Crippen LogP contribution in [0.2, 0.25) is 0 Å².